The van der Waals surface area contributed by atoms with Gasteiger partial charge in [0, 0.05) is 92.5 Å². The number of aromatic hydroxyl groups is 2. The Balaban J connectivity index is 0.667. The van der Waals surface area contributed by atoms with Gasteiger partial charge in [-0.3, -0.25) is 43.2 Å². The van der Waals surface area contributed by atoms with E-state index in [1.54, 1.807) is 45.9 Å². The first-order chi connectivity index (χ1) is 50.4. The number of imide groups is 1. The molecule has 0 bridgehead atoms. The average Bonchev–Trinajstić information content (AvgIpc) is 1.60. The number of nitrogens with one attached hydrogen (secondary N) is 3. The van der Waals surface area contributed by atoms with Gasteiger partial charge in [-0.05, 0) is 90.8 Å². The summed E-state index contributed by atoms with van der Waals surface area (Å²) in [6.45, 7) is 6.99. The summed E-state index contributed by atoms with van der Waals surface area (Å²) in [4.78, 5) is 142. The van der Waals surface area contributed by atoms with Gasteiger partial charge in [0.1, 0.15) is 66.7 Å². The fourth-order valence-corrected chi connectivity index (χ4v) is 15.4. The van der Waals surface area contributed by atoms with E-state index < -0.39 is 131 Å². The molecule has 5 aromatic carbocycles. The Morgan fingerprint density at radius 1 is 0.714 bits per heavy atom. The zero-order chi connectivity index (χ0) is 75.0. The van der Waals surface area contributed by atoms with Crippen LogP contribution in [0.4, 0.5) is 5.69 Å². The second-order valence-corrected chi connectivity index (χ2v) is 28.5. The van der Waals surface area contributed by atoms with Gasteiger partial charge in [0.05, 0.1) is 67.4 Å². The van der Waals surface area contributed by atoms with Crippen LogP contribution in [-0.4, -0.2) is 216 Å². The Morgan fingerprint density at radius 3 is 2.04 bits per heavy atom. The van der Waals surface area contributed by atoms with Crippen molar-refractivity contribution >= 4 is 76.4 Å². The molecule has 0 saturated carbocycles. The number of fused-ring (bicyclic) bond motifs is 9. The molecule has 6 aliphatic rings. The molecule has 5 aliphatic heterocycles. The molecule has 5 heterocycles. The summed E-state index contributed by atoms with van der Waals surface area (Å²) in [5, 5.41) is 58.0. The normalized spacial score (nSPS) is 21.6. The second-order valence-electron chi connectivity index (χ2n) is 27.3. The molecular weight excluding hydrogens is 1380 g/mol. The molecule has 0 radical (unpaired) electrons. The van der Waals surface area contributed by atoms with Gasteiger partial charge >= 0.3 is 11.9 Å². The van der Waals surface area contributed by atoms with Crippen LogP contribution in [-0.2, 0) is 81.9 Å². The Hall–Kier alpha value is -9.17. The summed E-state index contributed by atoms with van der Waals surface area (Å²) in [6.07, 6.45) is -6.53. The SMILES string of the molecule is CO[C@@H]1OC(COCC(=O)NCCOCCOCCCC(=O)C(C)NC(=O)C(C)CC(=O)[C@@H]2CCCN2C(=O)[C@H](NC(=O)C(CSC2CC(=O)N(c3ccc4c(c3)C(=O)OC43c4ccc(O)cc4Oc4cc(O)ccc43)C2=O)CC(=O)OCC2c3ccccc3-c3ccccc32)C(C)C)[C@@H](O)[C@H](O)C1O. The fraction of sp³-hybridized carbons (Fsp3) is 0.474. The van der Waals surface area contributed by atoms with Gasteiger partial charge in [0.15, 0.2) is 23.5 Å². The lowest BCUT2D eigenvalue weighted by molar-refractivity contribution is -0.296. The number of Topliss-reactive ketones (excluding diaryl/α,β-unsaturated/α-hetero) is 2. The summed E-state index contributed by atoms with van der Waals surface area (Å²) >= 11 is 0.975. The number of nitrogens with zero attached hydrogens (tertiary/aromatic N) is 2. The molecule has 1 aliphatic carbocycles. The van der Waals surface area contributed by atoms with Crippen molar-refractivity contribution in [2.45, 2.75) is 138 Å². The second kappa shape index (κ2) is 33.9. The molecule has 29 heteroatoms. The number of phenols is 2. The lowest BCUT2D eigenvalue weighted by atomic mass is 9.77. The maximum Gasteiger partial charge on any atom is 0.340 e. The van der Waals surface area contributed by atoms with E-state index in [0.717, 1.165) is 38.9 Å². The van der Waals surface area contributed by atoms with Crippen molar-refractivity contribution in [2.75, 3.05) is 77.1 Å². The van der Waals surface area contributed by atoms with E-state index in [4.69, 9.17) is 37.9 Å². The number of methoxy groups -OCH3 is 1. The number of phenolic OH excluding ortho intramolecular Hbond substituents is 2. The third-order valence-corrected chi connectivity index (χ3v) is 21.1. The highest BCUT2D eigenvalue weighted by molar-refractivity contribution is 8.00. The average molecular weight is 1470 g/mol. The molecule has 6 unspecified atom stereocenters. The summed E-state index contributed by atoms with van der Waals surface area (Å²) < 4.78 is 45.0. The molecule has 11 rings (SSSR count). The standard InChI is InChI=1S/C76H87N5O23S/c1-40(2)66(73(95)80-25-10-16-56(80)58(85)30-41(3)70(92)78-42(4)57(84)17-11-26-98-28-29-99-27-24-77-63(86)38-100-37-61-67(89)68(90)69(91)75(97-5)103-61)79-71(93)43(31-65(88)101-36-52-49-14-8-6-12-47(49)48-13-7-9-15-50(48)52)39-105-62-35-64(87)81(72(62)94)44-18-21-53-51(32-44)74(96)104-76(53)54-22-19-45(82)33-59(54)102-60-34-46(83)20-23-55(60)76/h6-9,12-15,18-23,32-34,40-43,52,56,61-62,66-69,75,82-83,89-91H,10-11,16-17,24-31,35-39H2,1-5H3,(H,77,86)(H,78,92)(H,79,93)/t41?,42?,43?,56-,61?,62?,66+,67+,68-,69?,75+/m0/s1. The molecule has 6 amide bonds. The lowest BCUT2D eigenvalue weighted by Crippen LogP contribution is -2.59. The molecule has 8 N–H and O–H groups in total. The minimum atomic E-state index is -1.61. The zero-order valence-electron chi connectivity index (χ0n) is 58.7. The molecule has 3 fully saturated rings. The monoisotopic (exact) mass is 1470 g/mol. The number of hydrogen-bond acceptors (Lipinski definition) is 24. The van der Waals surface area contributed by atoms with E-state index in [1.165, 1.54) is 48.4 Å². The fourth-order valence-electron chi connectivity index (χ4n) is 14.2. The van der Waals surface area contributed by atoms with E-state index in [-0.39, 0.29) is 143 Å². The molecule has 0 aromatic heterocycles. The van der Waals surface area contributed by atoms with Gasteiger partial charge in [-0.2, -0.15) is 0 Å². The maximum atomic E-state index is 14.9. The van der Waals surface area contributed by atoms with Crippen LogP contribution in [0.2, 0.25) is 0 Å². The van der Waals surface area contributed by atoms with Gasteiger partial charge in [0.25, 0.3) is 0 Å². The summed E-state index contributed by atoms with van der Waals surface area (Å²) in [5.74, 6) is -8.83. The van der Waals surface area contributed by atoms with Gasteiger partial charge < -0.3 is 84.3 Å². The van der Waals surface area contributed by atoms with Gasteiger partial charge in [0.2, 0.25) is 35.4 Å². The molecule has 3 saturated heterocycles. The van der Waals surface area contributed by atoms with E-state index in [1.807, 2.05) is 48.5 Å². The van der Waals surface area contributed by atoms with Crippen molar-refractivity contribution in [3.63, 3.8) is 0 Å². The van der Waals surface area contributed by atoms with Crippen LogP contribution in [0.3, 0.4) is 0 Å². The summed E-state index contributed by atoms with van der Waals surface area (Å²) in [5.41, 5.74) is 3.52. The molecule has 11 atom stereocenters. The number of likely N-dealkylation sites (tertiary alicyclic amines) is 1. The summed E-state index contributed by atoms with van der Waals surface area (Å²) in [7, 11) is 1.27. The number of aliphatic hydroxyl groups is 3. The van der Waals surface area contributed by atoms with Crippen molar-refractivity contribution in [2.24, 2.45) is 17.8 Å². The molecular formula is C76H87N5O23S. The Kier molecular flexibility index (Phi) is 24.9. The predicted molar refractivity (Wildman–Crippen MR) is 375 cm³/mol. The first kappa shape index (κ1) is 76.9. The van der Waals surface area contributed by atoms with Crippen LogP contribution < -0.4 is 25.6 Å². The number of anilines is 1. The van der Waals surface area contributed by atoms with Crippen LogP contribution in [0.15, 0.2) is 103 Å². The zero-order valence-corrected chi connectivity index (χ0v) is 59.5. The number of ketones is 2. The minimum absolute atomic E-state index is 0.0326. The lowest BCUT2D eigenvalue weighted by Gasteiger charge is -2.39. The number of benzene rings is 5. The number of ether oxygens (including phenoxy) is 8. The minimum Gasteiger partial charge on any atom is -0.508 e. The number of amides is 6. The Morgan fingerprint density at radius 2 is 1.37 bits per heavy atom. The van der Waals surface area contributed by atoms with Gasteiger partial charge in [-0.1, -0.05) is 75.4 Å². The van der Waals surface area contributed by atoms with Gasteiger partial charge in [-0.15, -0.1) is 11.8 Å². The van der Waals surface area contributed by atoms with Crippen LogP contribution in [0.1, 0.15) is 117 Å². The first-order valence-corrected chi connectivity index (χ1v) is 36.2. The number of carbonyl (C=O) groups excluding carboxylic acids is 10. The van der Waals surface area contributed by atoms with Crippen molar-refractivity contribution in [1.29, 1.82) is 0 Å². The van der Waals surface area contributed by atoms with E-state index >= 15 is 0 Å². The Labute approximate surface area is 609 Å². The third-order valence-electron chi connectivity index (χ3n) is 19.8. The topological polar surface area (TPSA) is 388 Å². The maximum absolute atomic E-state index is 14.9. The van der Waals surface area contributed by atoms with Crippen molar-refractivity contribution in [3.8, 4) is 34.1 Å². The highest BCUT2D eigenvalue weighted by atomic mass is 32.2. The van der Waals surface area contributed by atoms with Crippen molar-refractivity contribution in [1.82, 2.24) is 20.9 Å². The summed E-state index contributed by atoms with van der Waals surface area (Å²) in [6, 6.07) is 25.7. The van der Waals surface area contributed by atoms with E-state index in [9.17, 15) is 73.5 Å². The van der Waals surface area contributed by atoms with Gasteiger partial charge in [-0.25, -0.2) is 9.69 Å². The molecule has 28 nitrogen and oxygen atoms in total. The number of aliphatic hydroxyl groups excluding tert-OH is 3. The van der Waals surface area contributed by atoms with Crippen LogP contribution in [0, 0.1) is 17.8 Å². The quantitative estimate of drug-likeness (QED) is 0.0162. The van der Waals surface area contributed by atoms with Crippen LogP contribution in [0.5, 0.6) is 23.0 Å². The third kappa shape index (κ3) is 16.9. The largest absolute Gasteiger partial charge is 0.508 e. The predicted octanol–water partition coefficient (Wildman–Crippen LogP) is 4.59. The number of hydrogen-bond donors (Lipinski definition) is 8. The number of rotatable bonds is 33. The Bertz CT molecular complexity index is 4010. The smallest absolute Gasteiger partial charge is 0.340 e. The highest BCUT2D eigenvalue weighted by Gasteiger charge is 2.55. The number of thioether (sulfide) groups is 1. The van der Waals surface area contributed by atoms with Crippen molar-refractivity contribution < 1.29 is 111 Å². The molecule has 105 heavy (non-hydrogen) atoms. The molecule has 5 aromatic rings. The molecule has 1 spiro atoms. The van der Waals surface area contributed by atoms with Crippen molar-refractivity contribution in [3.05, 3.63) is 137 Å². The van der Waals surface area contributed by atoms with E-state index in [0.29, 0.717) is 29.5 Å². The first-order valence-electron chi connectivity index (χ1n) is 35.1. The van der Waals surface area contributed by atoms with Crippen LogP contribution >= 0.6 is 11.8 Å². The number of carbonyl (C=O) groups is 10. The number of esters is 2. The van der Waals surface area contributed by atoms with E-state index in [2.05, 4.69) is 16.0 Å². The highest BCUT2D eigenvalue weighted by Crippen LogP contribution is 2.57. The van der Waals surface area contributed by atoms with Crippen LogP contribution in [0.25, 0.3) is 11.1 Å². The molecule has 560 valence electrons.